The Hall–Kier alpha value is -3.81. The third kappa shape index (κ3) is 3.51. The first kappa shape index (κ1) is 21.1. The van der Waals surface area contributed by atoms with E-state index in [2.05, 4.69) is 19.2 Å². The number of ether oxygens (including phenoxy) is 2. The first-order valence-electron chi connectivity index (χ1n) is 10.8. The summed E-state index contributed by atoms with van der Waals surface area (Å²) < 4.78 is 13.0. The standard InChI is InChI=1S/C25H26N4O4/c1-25(2)12-17-20(18(31)13-25)21(16-6-5-7-19(32-3)22(16)33-4)29-24(26-17)27-23(28-29)14-8-10-15(30)11-9-14/h5-11,21,30H,12-13H2,1-4H3,(H,26,27,28). The lowest BCUT2D eigenvalue weighted by molar-refractivity contribution is -0.118. The molecule has 2 aromatic carbocycles. The zero-order valence-electron chi connectivity index (χ0n) is 19.0. The van der Waals surface area contributed by atoms with Crippen LogP contribution < -0.4 is 14.8 Å². The first-order valence-corrected chi connectivity index (χ1v) is 10.8. The van der Waals surface area contributed by atoms with Crippen LogP contribution in [0, 0.1) is 5.41 Å². The number of carbonyl (C=O) groups excluding carboxylic acids is 1. The maximum atomic E-state index is 13.4. The van der Waals surface area contributed by atoms with Crippen LogP contribution in [-0.2, 0) is 4.79 Å². The monoisotopic (exact) mass is 446 g/mol. The van der Waals surface area contributed by atoms with Crippen LogP contribution in [0.3, 0.4) is 0 Å². The maximum Gasteiger partial charge on any atom is 0.226 e. The van der Waals surface area contributed by atoms with E-state index in [1.54, 1.807) is 43.2 Å². The van der Waals surface area contributed by atoms with Crippen LogP contribution in [0.2, 0.25) is 0 Å². The van der Waals surface area contributed by atoms with Gasteiger partial charge < -0.3 is 19.9 Å². The molecule has 170 valence electrons. The molecule has 2 heterocycles. The molecule has 2 N–H and O–H groups in total. The van der Waals surface area contributed by atoms with Gasteiger partial charge in [-0.15, -0.1) is 5.10 Å². The molecule has 1 aromatic heterocycles. The van der Waals surface area contributed by atoms with Crippen molar-refractivity contribution in [2.24, 2.45) is 5.41 Å². The number of hydrogen-bond acceptors (Lipinski definition) is 7. The van der Waals surface area contributed by atoms with Gasteiger partial charge in [-0.2, -0.15) is 4.98 Å². The molecule has 0 spiro atoms. The molecule has 0 saturated carbocycles. The Morgan fingerprint density at radius 2 is 1.85 bits per heavy atom. The van der Waals surface area contributed by atoms with Gasteiger partial charge in [-0.05, 0) is 42.2 Å². The molecule has 1 aliphatic heterocycles. The van der Waals surface area contributed by atoms with Crippen molar-refractivity contribution in [2.75, 3.05) is 19.5 Å². The number of fused-ring (bicyclic) bond motifs is 1. The number of hydrogen-bond donors (Lipinski definition) is 2. The van der Waals surface area contributed by atoms with Crippen molar-refractivity contribution in [3.63, 3.8) is 0 Å². The second-order valence-electron chi connectivity index (χ2n) is 9.19. The summed E-state index contributed by atoms with van der Waals surface area (Å²) in [7, 11) is 3.18. The van der Waals surface area contributed by atoms with E-state index in [-0.39, 0.29) is 16.9 Å². The second kappa shape index (κ2) is 7.65. The van der Waals surface area contributed by atoms with Crippen molar-refractivity contribution in [3.05, 3.63) is 59.3 Å². The summed E-state index contributed by atoms with van der Waals surface area (Å²) in [6.07, 6.45) is 1.17. The quantitative estimate of drug-likeness (QED) is 0.616. The number of aromatic hydroxyl groups is 1. The zero-order valence-corrected chi connectivity index (χ0v) is 19.0. The number of para-hydroxylation sites is 1. The van der Waals surface area contributed by atoms with Gasteiger partial charge in [-0.3, -0.25) is 4.79 Å². The van der Waals surface area contributed by atoms with E-state index in [4.69, 9.17) is 19.6 Å². The van der Waals surface area contributed by atoms with Gasteiger partial charge in [0.05, 0.1) is 14.2 Å². The number of methoxy groups -OCH3 is 2. The van der Waals surface area contributed by atoms with Crippen LogP contribution in [0.1, 0.15) is 38.3 Å². The topological polar surface area (TPSA) is 98.5 Å². The Morgan fingerprint density at radius 3 is 2.55 bits per heavy atom. The van der Waals surface area contributed by atoms with Crippen molar-refractivity contribution in [1.82, 2.24) is 14.8 Å². The smallest absolute Gasteiger partial charge is 0.226 e. The van der Waals surface area contributed by atoms with E-state index < -0.39 is 6.04 Å². The molecule has 0 fully saturated rings. The Morgan fingerprint density at radius 1 is 1.09 bits per heavy atom. The van der Waals surface area contributed by atoms with Gasteiger partial charge in [0.1, 0.15) is 11.8 Å². The summed E-state index contributed by atoms with van der Waals surface area (Å²) in [5, 5.41) is 17.8. The van der Waals surface area contributed by atoms with Crippen molar-refractivity contribution in [2.45, 2.75) is 32.7 Å². The number of aromatic nitrogens is 3. The molecule has 0 bridgehead atoms. The molecular formula is C25H26N4O4. The minimum atomic E-state index is -0.511. The van der Waals surface area contributed by atoms with Crippen LogP contribution in [0.15, 0.2) is 53.7 Å². The van der Waals surface area contributed by atoms with Gasteiger partial charge in [-0.25, -0.2) is 4.68 Å². The summed E-state index contributed by atoms with van der Waals surface area (Å²) in [5.41, 5.74) is 2.92. The number of nitrogens with zero attached hydrogens (tertiary/aromatic N) is 3. The molecule has 1 unspecified atom stereocenters. The fourth-order valence-electron chi connectivity index (χ4n) is 4.76. The highest BCUT2D eigenvalue weighted by Crippen LogP contribution is 2.48. The highest BCUT2D eigenvalue weighted by atomic mass is 16.5. The van der Waals surface area contributed by atoms with Crippen molar-refractivity contribution in [1.29, 1.82) is 0 Å². The summed E-state index contributed by atoms with van der Waals surface area (Å²) >= 11 is 0. The molecule has 2 aliphatic rings. The van der Waals surface area contributed by atoms with Gasteiger partial charge in [0.15, 0.2) is 23.1 Å². The van der Waals surface area contributed by atoms with Crippen LogP contribution in [0.5, 0.6) is 17.2 Å². The minimum absolute atomic E-state index is 0.0796. The summed E-state index contributed by atoms with van der Waals surface area (Å²) in [5.74, 6) is 2.44. The summed E-state index contributed by atoms with van der Waals surface area (Å²) in [4.78, 5) is 18.2. The van der Waals surface area contributed by atoms with E-state index in [9.17, 15) is 9.90 Å². The van der Waals surface area contributed by atoms with Crippen molar-refractivity contribution >= 4 is 11.7 Å². The van der Waals surface area contributed by atoms with Crippen LogP contribution in [0.25, 0.3) is 11.4 Å². The molecule has 5 rings (SSSR count). The Bertz CT molecular complexity index is 1270. The van der Waals surface area contributed by atoms with Gasteiger partial charge in [0.2, 0.25) is 5.95 Å². The normalized spacial score (nSPS) is 18.9. The number of carbonyl (C=O) groups is 1. The minimum Gasteiger partial charge on any atom is -0.508 e. The van der Waals surface area contributed by atoms with Crippen LogP contribution in [-0.4, -0.2) is 39.9 Å². The fourth-order valence-corrected chi connectivity index (χ4v) is 4.76. The number of allylic oxidation sites excluding steroid dienone is 2. The molecule has 0 radical (unpaired) electrons. The average Bonchev–Trinajstić information content (AvgIpc) is 3.20. The van der Waals surface area contributed by atoms with Crippen LogP contribution in [0.4, 0.5) is 5.95 Å². The summed E-state index contributed by atoms with van der Waals surface area (Å²) in [6.45, 7) is 4.19. The highest BCUT2D eigenvalue weighted by molar-refractivity contribution is 6.00. The SMILES string of the molecule is COc1cccc(C2C3=C(CC(C)(C)CC3=O)Nc3nc(-c4ccc(O)cc4)nn32)c1OC. The lowest BCUT2D eigenvalue weighted by Gasteiger charge is -2.38. The third-order valence-corrected chi connectivity index (χ3v) is 6.19. The number of nitrogens with one attached hydrogen (secondary N) is 1. The van der Waals surface area contributed by atoms with E-state index in [1.165, 1.54) is 0 Å². The number of benzene rings is 2. The molecular weight excluding hydrogens is 420 g/mol. The van der Waals surface area contributed by atoms with Gasteiger partial charge in [0.25, 0.3) is 0 Å². The largest absolute Gasteiger partial charge is 0.508 e. The van der Waals surface area contributed by atoms with Crippen LogP contribution >= 0.6 is 0 Å². The number of ketones is 1. The number of phenolic OH excluding ortho intramolecular Hbond substituents is 1. The van der Waals surface area contributed by atoms with E-state index >= 15 is 0 Å². The second-order valence-corrected chi connectivity index (χ2v) is 9.19. The highest BCUT2D eigenvalue weighted by Gasteiger charge is 2.43. The average molecular weight is 447 g/mol. The fraction of sp³-hybridized carbons (Fsp3) is 0.320. The molecule has 8 heteroatoms. The number of phenols is 1. The third-order valence-electron chi connectivity index (χ3n) is 6.19. The van der Waals surface area contributed by atoms with Gasteiger partial charge >= 0.3 is 0 Å². The lowest BCUT2D eigenvalue weighted by atomic mass is 9.73. The summed E-state index contributed by atoms with van der Waals surface area (Å²) in [6, 6.07) is 11.9. The predicted molar refractivity (Wildman–Crippen MR) is 123 cm³/mol. The molecule has 0 amide bonds. The molecule has 33 heavy (non-hydrogen) atoms. The Kier molecular flexibility index (Phi) is 4.88. The molecule has 3 aromatic rings. The van der Waals surface area contributed by atoms with E-state index in [0.29, 0.717) is 35.3 Å². The van der Waals surface area contributed by atoms with E-state index in [0.717, 1.165) is 23.2 Å². The Balaban J connectivity index is 1.73. The van der Waals surface area contributed by atoms with Gasteiger partial charge in [0, 0.05) is 28.8 Å². The number of rotatable bonds is 4. The molecule has 0 saturated heterocycles. The number of anilines is 1. The number of Topliss-reactive ketones (excluding diaryl/α,β-unsaturated/α-hetero) is 1. The maximum absolute atomic E-state index is 13.4. The van der Waals surface area contributed by atoms with Crippen molar-refractivity contribution in [3.8, 4) is 28.6 Å². The Labute approximate surface area is 191 Å². The lowest BCUT2D eigenvalue weighted by Crippen LogP contribution is -2.36. The molecule has 8 nitrogen and oxygen atoms in total. The van der Waals surface area contributed by atoms with Crippen molar-refractivity contribution < 1.29 is 19.4 Å². The van der Waals surface area contributed by atoms with Gasteiger partial charge in [-0.1, -0.05) is 26.0 Å². The predicted octanol–water partition coefficient (Wildman–Crippen LogP) is 4.33. The van der Waals surface area contributed by atoms with E-state index in [1.807, 2.05) is 18.2 Å². The first-order chi connectivity index (χ1) is 15.8. The molecule has 1 aliphatic carbocycles. The molecule has 1 atom stereocenters. The zero-order chi connectivity index (χ0) is 23.3.